The minimum absolute atomic E-state index is 0.0194. The number of nitrogens with one attached hydrogen (secondary N) is 1. The van der Waals surface area contributed by atoms with Crippen LogP contribution in [0, 0.1) is 5.82 Å². The fraction of sp³-hybridized carbons (Fsp3) is 0.429. The lowest BCUT2D eigenvalue weighted by atomic mass is 10.2. The number of hydrogen-bond acceptors (Lipinski definition) is 6. The van der Waals surface area contributed by atoms with E-state index in [1.807, 2.05) is 4.72 Å². The predicted octanol–water partition coefficient (Wildman–Crippen LogP) is 0.740. The lowest BCUT2D eigenvalue weighted by Gasteiger charge is -2.16. The van der Waals surface area contributed by atoms with Crippen LogP contribution < -0.4 is 4.72 Å². The number of halogens is 1. The largest absolute Gasteiger partial charge is 0.464 e. The average Bonchev–Trinajstić information content (AvgIpc) is 2.47. The van der Waals surface area contributed by atoms with Crippen molar-refractivity contribution in [1.82, 2.24) is 4.72 Å². The first-order valence-electron chi connectivity index (χ1n) is 6.86. The third kappa shape index (κ3) is 6.33. The number of ether oxygens (including phenoxy) is 2. The summed E-state index contributed by atoms with van der Waals surface area (Å²) in [6, 6.07) is 3.02. The summed E-state index contributed by atoms with van der Waals surface area (Å²) in [6.07, 6.45) is 0. The van der Waals surface area contributed by atoms with Gasteiger partial charge in [0.1, 0.15) is 5.82 Å². The molecule has 0 spiro atoms. The Bertz CT molecular complexity index is 626. The number of benzene rings is 1. The molecule has 1 aromatic rings. The molecule has 0 bridgehead atoms. The average molecular weight is 347 g/mol. The smallest absolute Gasteiger partial charge is 0.335 e. The van der Waals surface area contributed by atoms with Crippen LogP contribution in [0.3, 0.4) is 0 Å². The van der Waals surface area contributed by atoms with E-state index in [1.165, 1.54) is 26.0 Å². The number of hydrogen-bond donors (Lipinski definition) is 1. The normalized spacial score (nSPS) is 11.3. The van der Waals surface area contributed by atoms with E-state index in [1.54, 1.807) is 0 Å². The van der Waals surface area contributed by atoms with Gasteiger partial charge in [-0.05, 0) is 31.5 Å². The minimum atomic E-state index is -4.05. The second kappa shape index (κ2) is 8.59. The van der Waals surface area contributed by atoms with Gasteiger partial charge in [-0.3, -0.25) is 0 Å². The zero-order valence-corrected chi connectivity index (χ0v) is 13.6. The van der Waals surface area contributed by atoms with Gasteiger partial charge >= 0.3 is 11.9 Å². The zero-order valence-electron chi connectivity index (χ0n) is 12.7. The Morgan fingerprint density at radius 2 is 1.57 bits per heavy atom. The van der Waals surface area contributed by atoms with E-state index >= 15 is 0 Å². The van der Waals surface area contributed by atoms with Crippen LogP contribution >= 0.6 is 0 Å². The molecular weight excluding hydrogens is 329 g/mol. The van der Waals surface area contributed by atoms with Crippen LogP contribution in [-0.2, 0) is 34.8 Å². The standard InChI is InChI=1S/C14H18FNO6S/c1-3-21-13(17)12(14(18)22-4-2)16-23(19,20)9-10-5-7-11(15)8-6-10/h5-8,12,16H,3-4,9H2,1-2H3. The molecule has 0 saturated carbocycles. The van der Waals surface area contributed by atoms with Crippen molar-refractivity contribution in [3.8, 4) is 0 Å². The molecule has 0 fully saturated rings. The fourth-order valence-electron chi connectivity index (χ4n) is 1.66. The Hall–Kier alpha value is -2.00. The van der Waals surface area contributed by atoms with Crippen molar-refractivity contribution in [1.29, 1.82) is 0 Å². The van der Waals surface area contributed by atoms with Gasteiger partial charge in [-0.1, -0.05) is 12.1 Å². The van der Waals surface area contributed by atoms with Gasteiger partial charge in [0.25, 0.3) is 0 Å². The molecule has 1 aromatic carbocycles. The second-order valence-electron chi connectivity index (χ2n) is 4.44. The van der Waals surface area contributed by atoms with Crippen LogP contribution in [0.25, 0.3) is 0 Å². The molecule has 128 valence electrons. The molecular formula is C14H18FNO6S. The third-order valence-electron chi connectivity index (χ3n) is 2.61. The molecule has 0 aliphatic heterocycles. The van der Waals surface area contributed by atoms with E-state index in [0.29, 0.717) is 5.56 Å². The summed E-state index contributed by atoms with van der Waals surface area (Å²) in [6.45, 7) is 3.00. The number of esters is 2. The van der Waals surface area contributed by atoms with Crippen molar-refractivity contribution >= 4 is 22.0 Å². The van der Waals surface area contributed by atoms with Crippen molar-refractivity contribution in [3.05, 3.63) is 35.6 Å². The summed E-state index contributed by atoms with van der Waals surface area (Å²) in [5, 5.41) is 0. The highest BCUT2D eigenvalue weighted by molar-refractivity contribution is 7.88. The molecule has 0 aliphatic rings. The van der Waals surface area contributed by atoms with Crippen molar-refractivity contribution < 1.29 is 31.9 Å². The Morgan fingerprint density at radius 3 is 2.00 bits per heavy atom. The Balaban J connectivity index is 2.89. The molecule has 0 atom stereocenters. The van der Waals surface area contributed by atoms with Gasteiger partial charge < -0.3 is 9.47 Å². The van der Waals surface area contributed by atoms with E-state index in [9.17, 15) is 22.4 Å². The topological polar surface area (TPSA) is 98.8 Å². The quantitative estimate of drug-likeness (QED) is 0.550. The van der Waals surface area contributed by atoms with Crippen LogP contribution in [0.4, 0.5) is 4.39 Å². The van der Waals surface area contributed by atoms with Crippen LogP contribution in [0.2, 0.25) is 0 Å². The molecule has 0 radical (unpaired) electrons. The molecule has 0 aromatic heterocycles. The molecule has 0 aliphatic carbocycles. The Labute approximate surface area is 133 Å². The maximum absolute atomic E-state index is 12.8. The molecule has 1 N–H and O–H groups in total. The molecule has 0 heterocycles. The first kappa shape index (κ1) is 19.0. The Kier molecular flexibility index (Phi) is 7.11. The van der Waals surface area contributed by atoms with E-state index in [0.717, 1.165) is 12.1 Å². The van der Waals surface area contributed by atoms with Gasteiger partial charge in [0.15, 0.2) is 0 Å². The van der Waals surface area contributed by atoms with Crippen LogP contribution in [0.1, 0.15) is 19.4 Å². The fourth-order valence-corrected chi connectivity index (χ4v) is 2.93. The molecule has 9 heteroatoms. The molecule has 0 saturated heterocycles. The van der Waals surface area contributed by atoms with Gasteiger partial charge in [-0.15, -0.1) is 0 Å². The summed E-state index contributed by atoms with van der Waals surface area (Å²) in [5.41, 5.74) is 0.297. The molecule has 0 amide bonds. The lowest BCUT2D eigenvalue weighted by Crippen LogP contribution is -2.48. The SMILES string of the molecule is CCOC(=O)C(NS(=O)(=O)Cc1ccc(F)cc1)C(=O)OCC. The molecule has 1 rings (SSSR count). The first-order valence-corrected chi connectivity index (χ1v) is 8.52. The highest BCUT2D eigenvalue weighted by Gasteiger charge is 2.33. The first-order chi connectivity index (χ1) is 10.8. The molecule has 0 unspecified atom stereocenters. The van der Waals surface area contributed by atoms with Crippen LogP contribution in [0.5, 0.6) is 0 Å². The summed E-state index contributed by atoms with van der Waals surface area (Å²) in [7, 11) is -4.05. The summed E-state index contributed by atoms with van der Waals surface area (Å²) >= 11 is 0. The number of sulfonamides is 1. The van der Waals surface area contributed by atoms with Crippen LogP contribution in [-0.4, -0.2) is 39.6 Å². The van der Waals surface area contributed by atoms with Crippen LogP contribution in [0.15, 0.2) is 24.3 Å². The molecule has 23 heavy (non-hydrogen) atoms. The maximum Gasteiger partial charge on any atom is 0.335 e. The number of carbonyl (C=O) groups excluding carboxylic acids is 2. The van der Waals surface area contributed by atoms with Crippen molar-refractivity contribution in [2.75, 3.05) is 13.2 Å². The van der Waals surface area contributed by atoms with E-state index in [-0.39, 0.29) is 13.2 Å². The molecule has 7 nitrogen and oxygen atoms in total. The van der Waals surface area contributed by atoms with E-state index < -0.39 is 39.6 Å². The van der Waals surface area contributed by atoms with Gasteiger partial charge in [0, 0.05) is 0 Å². The number of carbonyl (C=O) groups is 2. The van der Waals surface area contributed by atoms with Gasteiger partial charge in [-0.2, -0.15) is 4.72 Å². The zero-order chi connectivity index (χ0) is 17.5. The Morgan fingerprint density at radius 1 is 1.09 bits per heavy atom. The summed E-state index contributed by atoms with van der Waals surface area (Å²) < 4.78 is 48.3. The van der Waals surface area contributed by atoms with Gasteiger partial charge in [0.2, 0.25) is 16.1 Å². The third-order valence-corrected chi connectivity index (χ3v) is 3.92. The van der Waals surface area contributed by atoms with E-state index in [2.05, 4.69) is 9.47 Å². The van der Waals surface area contributed by atoms with Gasteiger partial charge in [0.05, 0.1) is 19.0 Å². The minimum Gasteiger partial charge on any atom is -0.464 e. The van der Waals surface area contributed by atoms with Crippen molar-refractivity contribution in [2.24, 2.45) is 0 Å². The summed E-state index contributed by atoms with van der Waals surface area (Å²) in [5.74, 6) is -3.12. The maximum atomic E-state index is 12.8. The predicted molar refractivity (Wildman–Crippen MR) is 79.2 cm³/mol. The monoisotopic (exact) mass is 347 g/mol. The van der Waals surface area contributed by atoms with E-state index in [4.69, 9.17) is 0 Å². The second-order valence-corrected chi connectivity index (χ2v) is 6.19. The van der Waals surface area contributed by atoms with Gasteiger partial charge in [-0.25, -0.2) is 22.4 Å². The highest BCUT2D eigenvalue weighted by atomic mass is 32.2. The highest BCUT2D eigenvalue weighted by Crippen LogP contribution is 2.08. The summed E-state index contributed by atoms with van der Waals surface area (Å²) in [4.78, 5) is 23.5. The van der Waals surface area contributed by atoms with Crippen molar-refractivity contribution in [3.63, 3.8) is 0 Å². The van der Waals surface area contributed by atoms with Crippen molar-refractivity contribution in [2.45, 2.75) is 25.6 Å². The lowest BCUT2D eigenvalue weighted by molar-refractivity contribution is -0.157. The number of rotatable bonds is 8.